The average Bonchev–Trinajstić information content (AvgIpc) is 3.44. The van der Waals surface area contributed by atoms with Crippen LogP contribution < -0.4 is 10.2 Å². The molecule has 0 radical (unpaired) electrons. The molecule has 2 heterocycles. The number of likely N-dealkylation sites (tertiary alicyclic amines) is 1. The maximum atomic E-state index is 14.3. The van der Waals surface area contributed by atoms with Gasteiger partial charge in [0.25, 0.3) is 5.91 Å². The van der Waals surface area contributed by atoms with Gasteiger partial charge >= 0.3 is 12.0 Å². The number of hydrogen-bond donors (Lipinski definition) is 1. The van der Waals surface area contributed by atoms with Crippen molar-refractivity contribution >= 4 is 58.4 Å². The topological polar surface area (TPSA) is 123 Å². The summed E-state index contributed by atoms with van der Waals surface area (Å²) in [5.41, 5.74) is 0.800. The zero-order chi connectivity index (χ0) is 30.9. The van der Waals surface area contributed by atoms with Gasteiger partial charge in [0.2, 0.25) is 5.91 Å². The Morgan fingerprint density at radius 1 is 1.07 bits per heavy atom. The minimum Gasteiger partial charge on any atom is -0.462 e. The van der Waals surface area contributed by atoms with Gasteiger partial charge in [-0.05, 0) is 61.0 Å². The summed E-state index contributed by atoms with van der Waals surface area (Å²) < 4.78 is 5.04. The number of benzene rings is 3. The molecule has 2 atom stereocenters. The normalized spacial score (nSPS) is 20.0. The number of carbonyl (C=O) groups is 4. The summed E-state index contributed by atoms with van der Waals surface area (Å²) in [7, 11) is 1.56. The predicted molar refractivity (Wildman–Crippen MR) is 161 cm³/mol. The van der Waals surface area contributed by atoms with E-state index in [2.05, 4.69) is 11.4 Å². The maximum Gasteiger partial charge on any atom is 0.338 e. The van der Waals surface area contributed by atoms with Crippen molar-refractivity contribution in [1.82, 2.24) is 9.80 Å². The van der Waals surface area contributed by atoms with E-state index < -0.39 is 29.4 Å². The van der Waals surface area contributed by atoms with Gasteiger partial charge in [-0.15, -0.1) is 0 Å². The molecular formula is C31H27Cl2N5O5. The third-order valence-electron chi connectivity index (χ3n) is 7.70. The summed E-state index contributed by atoms with van der Waals surface area (Å²) in [5, 5.41) is 12.6. The molecule has 2 saturated heterocycles. The predicted octanol–water partition coefficient (Wildman–Crippen LogP) is 4.92. The third-order valence-corrected chi connectivity index (χ3v) is 8.14. The van der Waals surface area contributed by atoms with Gasteiger partial charge in [0.1, 0.15) is 5.54 Å². The van der Waals surface area contributed by atoms with E-state index in [4.69, 9.17) is 27.9 Å². The van der Waals surface area contributed by atoms with Crippen molar-refractivity contribution in [3.63, 3.8) is 0 Å². The molecule has 2 fully saturated rings. The van der Waals surface area contributed by atoms with Crippen LogP contribution in [0.15, 0.2) is 66.7 Å². The highest BCUT2D eigenvalue weighted by atomic mass is 35.5. The summed E-state index contributed by atoms with van der Waals surface area (Å²) in [6, 6.07) is 19.3. The molecule has 10 nitrogen and oxygen atoms in total. The summed E-state index contributed by atoms with van der Waals surface area (Å²) in [5.74, 6) is -1.86. The number of imide groups is 1. The Kier molecular flexibility index (Phi) is 8.42. The maximum absolute atomic E-state index is 14.3. The number of likely N-dealkylation sites (N-methyl/N-ethyl adjacent to an activating group) is 1. The van der Waals surface area contributed by atoms with Crippen molar-refractivity contribution in [2.24, 2.45) is 0 Å². The van der Waals surface area contributed by atoms with Gasteiger partial charge in [-0.3, -0.25) is 14.5 Å². The van der Waals surface area contributed by atoms with Gasteiger partial charge in [0.05, 0.1) is 36.0 Å². The molecule has 3 aromatic carbocycles. The van der Waals surface area contributed by atoms with Gasteiger partial charge in [0.15, 0.2) is 0 Å². The Hall–Kier alpha value is -4.43. The molecule has 2 aliphatic rings. The lowest BCUT2D eigenvalue weighted by molar-refractivity contribution is -0.125. The molecule has 4 amide bonds. The molecule has 0 bridgehead atoms. The van der Waals surface area contributed by atoms with Crippen LogP contribution in [0.3, 0.4) is 0 Å². The van der Waals surface area contributed by atoms with E-state index in [-0.39, 0.29) is 47.9 Å². The number of halogens is 2. The lowest BCUT2D eigenvalue weighted by Crippen LogP contribution is -2.53. The molecule has 0 saturated carbocycles. The summed E-state index contributed by atoms with van der Waals surface area (Å²) >= 11 is 12.4. The van der Waals surface area contributed by atoms with Crippen LogP contribution in [-0.4, -0.2) is 72.4 Å². The van der Waals surface area contributed by atoms with Crippen LogP contribution in [0.4, 0.5) is 16.2 Å². The van der Waals surface area contributed by atoms with Crippen molar-refractivity contribution in [2.45, 2.75) is 18.4 Å². The molecule has 1 N–H and O–H groups in total. The lowest BCUT2D eigenvalue weighted by atomic mass is 9.80. The number of nitrogens with zero attached hydrogens (tertiary/aromatic N) is 4. The molecule has 220 valence electrons. The zero-order valence-electron chi connectivity index (χ0n) is 23.3. The van der Waals surface area contributed by atoms with Crippen LogP contribution >= 0.6 is 23.2 Å². The first-order valence-electron chi connectivity index (χ1n) is 13.4. The Morgan fingerprint density at radius 2 is 1.77 bits per heavy atom. The smallest absolute Gasteiger partial charge is 0.338 e. The Bertz CT molecular complexity index is 1640. The second-order valence-electron chi connectivity index (χ2n) is 10.3. The standard InChI is InChI=1S/C31H27Cl2N5O5/c1-3-43-28(40)21-5-4-6-24(11-21)35-27(39)17-37-16-26(20-9-7-19(15-34)8-10-20)31(18-37)29(41)38(30(42)36(31)2)25-13-22(32)12-23(33)14-25/h4-14,26H,3,16-18H2,1-2H3,(H,35,39). The van der Waals surface area contributed by atoms with Crippen LogP contribution in [0, 0.1) is 11.3 Å². The molecule has 2 aliphatic heterocycles. The number of rotatable bonds is 7. The average molecular weight is 620 g/mol. The largest absolute Gasteiger partial charge is 0.462 e. The Balaban J connectivity index is 1.45. The number of anilines is 2. The van der Waals surface area contributed by atoms with Crippen molar-refractivity contribution in [3.05, 3.63) is 93.5 Å². The number of ether oxygens (including phenoxy) is 1. The molecule has 1 spiro atoms. The number of nitrogens with one attached hydrogen (secondary N) is 1. The van der Waals surface area contributed by atoms with Crippen molar-refractivity contribution in [1.29, 1.82) is 5.26 Å². The highest BCUT2D eigenvalue weighted by Crippen LogP contribution is 2.46. The van der Waals surface area contributed by atoms with Crippen LogP contribution in [0.1, 0.15) is 34.3 Å². The van der Waals surface area contributed by atoms with Gasteiger partial charge < -0.3 is 15.0 Å². The van der Waals surface area contributed by atoms with E-state index in [1.54, 1.807) is 56.4 Å². The van der Waals surface area contributed by atoms with Crippen LogP contribution in [0.2, 0.25) is 10.0 Å². The minimum absolute atomic E-state index is 0.0693. The number of hydrogen-bond acceptors (Lipinski definition) is 7. The van der Waals surface area contributed by atoms with E-state index in [9.17, 15) is 24.4 Å². The number of urea groups is 1. The SMILES string of the molecule is CCOC(=O)c1cccc(NC(=O)CN2CC(c3ccc(C#N)cc3)C3(C2)C(=O)N(c2cc(Cl)cc(Cl)c2)C(=O)N3C)c1. The molecular weight excluding hydrogens is 593 g/mol. The van der Waals surface area contributed by atoms with Gasteiger partial charge in [-0.25, -0.2) is 14.5 Å². The molecule has 0 aromatic heterocycles. The zero-order valence-corrected chi connectivity index (χ0v) is 24.9. The van der Waals surface area contributed by atoms with Gasteiger partial charge in [0, 0.05) is 41.8 Å². The summed E-state index contributed by atoms with van der Waals surface area (Å²) in [6.45, 7) is 2.19. The van der Waals surface area contributed by atoms with E-state index >= 15 is 0 Å². The third kappa shape index (κ3) is 5.67. The van der Waals surface area contributed by atoms with Gasteiger partial charge in [-0.1, -0.05) is 41.4 Å². The molecule has 2 unspecified atom stereocenters. The molecule has 5 rings (SSSR count). The quantitative estimate of drug-likeness (QED) is 0.294. The Labute approximate surface area is 258 Å². The number of carbonyl (C=O) groups excluding carboxylic acids is 4. The van der Waals surface area contributed by atoms with Crippen LogP contribution in [0.5, 0.6) is 0 Å². The van der Waals surface area contributed by atoms with Crippen molar-refractivity contribution in [2.75, 3.05) is 43.5 Å². The highest BCUT2D eigenvalue weighted by Gasteiger charge is 2.64. The number of nitriles is 1. The first kappa shape index (κ1) is 30.0. The van der Waals surface area contributed by atoms with Crippen LogP contribution in [0.25, 0.3) is 0 Å². The van der Waals surface area contributed by atoms with Crippen LogP contribution in [-0.2, 0) is 14.3 Å². The van der Waals surface area contributed by atoms with E-state index in [1.165, 1.54) is 29.2 Å². The molecule has 12 heteroatoms. The second-order valence-corrected chi connectivity index (χ2v) is 11.2. The fourth-order valence-electron chi connectivity index (χ4n) is 5.76. The summed E-state index contributed by atoms with van der Waals surface area (Å²) in [4.78, 5) is 57.6. The molecule has 43 heavy (non-hydrogen) atoms. The Morgan fingerprint density at radius 3 is 2.42 bits per heavy atom. The molecule has 3 aromatic rings. The van der Waals surface area contributed by atoms with E-state index in [1.807, 2.05) is 4.90 Å². The van der Waals surface area contributed by atoms with E-state index in [0.717, 1.165) is 10.5 Å². The highest BCUT2D eigenvalue weighted by molar-refractivity contribution is 6.35. The van der Waals surface area contributed by atoms with Crippen molar-refractivity contribution < 1.29 is 23.9 Å². The minimum atomic E-state index is -1.36. The number of esters is 1. The lowest BCUT2D eigenvalue weighted by Gasteiger charge is -2.34. The second kappa shape index (κ2) is 12.1. The van der Waals surface area contributed by atoms with Crippen molar-refractivity contribution in [3.8, 4) is 6.07 Å². The molecule has 0 aliphatic carbocycles. The van der Waals surface area contributed by atoms with Gasteiger partial charge in [-0.2, -0.15) is 5.26 Å². The number of amides is 4. The monoisotopic (exact) mass is 619 g/mol. The first-order valence-corrected chi connectivity index (χ1v) is 14.2. The fraction of sp³-hybridized carbons (Fsp3) is 0.258. The summed E-state index contributed by atoms with van der Waals surface area (Å²) in [6.07, 6.45) is 0. The first-order chi connectivity index (χ1) is 20.6. The van der Waals surface area contributed by atoms with E-state index in [0.29, 0.717) is 16.8 Å². The fourth-order valence-corrected chi connectivity index (χ4v) is 6.27.